The standard InChI is InChI=1S/C25H32N4O3S/c30-20(7-3-15-1-2-15)24-19-11-18(29-14-26-28-25(29)27-17-9-10-32-13-17)6-8-22(19)33-23(24)12-21(31)16-4-5-16/h14-18H,1-13H2,(H,27,28)/t17?,18-/m0/s1. The predicted octanol–water partition coefficient (Wildman–Crippen LogP) is 4.16. The molecule has 0 bridgehead atoms. The number of carbonyl (C=O) groups excluding carboxylic acids is 2. The van der Waals surface area contributed by atoms with Crippen LogP contribution in [-0.2, 0) is 28.8 Å². The number of Topliss-reactive ketones (excluding diaryl/α,β-unsaturated/α-hetero) is 2. The van der Waals surface area contributed by atoms with Gasteiger partial charge in [-0.3, -0.25) is 14.2 Å². The Bertz CT molecular complexity index is 1050. The molecule has 3 aliphatic carbocycles. The fraction of sp³-hybridized carbons (Fsp3) is 0.680. The number of fused-ring (bicyclic) bond motifs is 1. The summed E-state index contributed by atoms with van der Waals surface area (Å²) < 4.78 is 7.64. The first-order valence-corrected chi connectivity index (χ1v) is 13.4. The van der Waals surface area contributed by atoms with E-state index in [4.69, 9.17) is 4.74 Å². The van der Waals surface area contributed by atoms with Gasteiger partial charge in [-0.15, -0.1) is 21.5 Å². The Kier molecular flexibility index (Phi) is 5.82. The van der Waals surface area contributed by atoms with Gasteiger partial charge in [0.2, 0.25) is 5.95 Å². The molecule has 6 rings (SSSR count). The monoisotopic (exact) mass is 468 g/mol. The number of rotatable bonds is 10. The molecule has 1 aliphatic heterocycles. The van der Waals surface area contributed by atoms with Gasteiger partial charge in [0.05, 0.1) is 12.6 Å². The molecule has 1 N–H and O–H groups in total. The zero-order valence-electron chi connectivity index (χ0n) is 19.1. The minimum absolute atomic E-state index is 0.217. The molecule has 0 radical (unpaired) electrons. The van der Waals surface area contributed by atoms with Crippen LogP contribution in [0.3, 0.4) is 0 Å². The highest BCUT2D eigenvalue weighted by atomic mass is 32.1. The molecule has 2 saturated carbocycles. The Morgan fingerprint density at radius 1 is 1.18 bits per heavy atom. The largest absolute Gasteiger partial charge is 0.379 e. The van der Waals surface area contributed by atoms with Crippen LogP contribution in [0.2, 0.25) is 0 Å². The summed E-state index contributed by atoms with van der Waals surface area (Å²) >= 11 is 1.73. The molecular weight excluding hydrogens is 436 g/mol. The van der Waals surface area contributed by atoms with Crippen LogP contribution in [-0.4, -0.2) is 45.6 Å². The van der Waals surface area contributed by atoms with E-state index in [0.29, 0.717) is 25.2 Å². The molecule has 2 aromatic rings. The molecule has 4 aliphatic rings. The summed E-state index contributed by atoms with van der Waals surface area (Å²) in [5.41, 5.74) is 2.08. The number of thiophene rings is 1. The number of hydrogen-bond acceptors (Lipinski definition) is 7. The fourth-order valence-electron chi connectivity index (χ4n) is 5.33. The highest BCUT2D eigenvalue weighted by molar-refractivity contribution is 7.12. The highest BCUT2D eigenvalue weighted by Gasteiger charge is 2.35. The van der Waals surface area contributed by atoms with Crippen molar-refractivity contribution >= 4 is 28.9 Å². The number of aryl methyl sites for hydroxylation is 1. The smallest absolute Gasteiger partial charge is 0.224 e. The predicted molar refractivity (Wildman–Crippen MR) is 126 cm³/mol. The van der Waals surface area contributed by atoms with Crippen molar-refractivity contribution in [3.05, 3.63) is 27.2 Å². The third kappa shape index (κ3) is 4.64. The molecule has 3 fully saturated rings. The zero-order chi connectivity index (χ0) is 22.4. The van der Waals surface area contributed by atoms with Gasteiger partial charge in [-0.25, -0.2) is 0 Å². The quantitative estimate of drug-likeness (QED) is 0.527. The van der Waals surface area contributed by atoms with E-state index in [1.54, 1.807) is 11.3 Å². The van der Waals surface area contributed by atoms with E-state index in [-0.39, 0.29) is 23.8 Å². The van der Waals surface area contributed by atoms with Gasteiger partial charge >= 0.3 is 0 Å². The van der Waals surface area contributed by atoms with Gasteiger partial charge in [0.1, 0.15) is 12.1 Å². The molecule has 8 heteroatoms. The second kappa shape index (κ2) is 8.95. The average Bonchev–Trinajstić information content (AvgIpc) is 3.70. The third-order valence-electron chi connectivity index (χ3n) is 7.66. The average molecular weight is 469 g/mol. The summed E-state index contributed by atoms with van der Waals surface area (Å²) in [6, 6.07) is 0.488. The molecule has 176 valence electrons. The number of nitrogens with one attached hydrogen (secondary N) is 1. The van der Waals surface area contributed by atoms with Crippen molar-refractivity contribution in [1.82, 2.24) is 14.8 Å². The van der Waals surface area contributed by atoms with Gasteiger partial charge in [-0.1, -0.05) is 12.8 Å². The second-order valence-corrected chi connectivity index (χ2v) is 11.5. The van der Waals surface area contributed by atoms with Gasteiger partial charge in [0.25, 0.3) is 0 Å². The number of carbonyl (C=O) groups is 2. The molecule has 2 atom stereocenters. The Hall–Kier alpha value is -2.06. The van der Waals surface area contributed by atoms with E-state index < -0.39 is 0 Å². The lowest BCUT2D eigenvalue weighted by molar-refractivity contribution is -0.119. The molecule has 3 heterocycles. The van der Waals surface area contributed by atoms with Crippen molar-refractivity contribution < 1.29 is 14.3 Å². The molecule has 0 spiro atoms. The second-order valence-electron chi connectivity index (χ2n) is 10.3. The van der Waals surface area contributed by atoms with Crippen LogP contribution in [0.4, 0.5) is 5.95 Å². The van der Waals surface area contributed by atoms with Crippen LogP contribution < -0.4 is 5.32 Å². The van der Waals surface area contributed by atoms with Crippen molar-refractivity contribution in [3.8, 4) is 0 Å². The topological polar surface area (TPSA) is 86.1 Å². The Morgan fingerprint density at radius 3 is 2.82 bits per heavy atom. The molecule has 0 aromatic carbocycles. The summed E-state index contributed by atoms with van der Waals surface area (Å²) in [7, 11) is 0. The van der Waals surface area contributed by atoms with Crippen LogP contribution in [0.25, 0.3) is 0 Å². The summed E-state index contributed by atoms with van der Waals surface area (Å²) in [6.07, 6.45) is 12.1. The van der Waals surface area contributed by atoms with Crippen molar-refractivity contribution in [1.29, 1.82) is 0 Å². The third-order valence-corrected chi connectivity index (χ3v) is 8.95. The minimum Gasteiger partial charge on any atom is -0.379 e. The zero-order valence-corrected chi connectivity index (χ0v) is 19.9. The fourth-order valence-corrected chi connectivity index (χ4v) is 6.71. The van der Waals surface area contributed by atoms with Crippen LogP contribution >= 0.6 is 11.3 Å². The molecule has 7 nitrogen and oxygen atoms in total. The van der Waals surface area contributed by atoms with Gasteiger partial charge in [-0.05, 0) is 56.4 Å². The van der Waals surface area contributed by atoms with Gasteiger partial charge < -0.3 is 10.1 Å². The Labute approximate surface area is 198 Å². The molecule has 2 aromatic heterocycles. The normalized spacial score (nSPS) is 24.6. The van der Waals surface area contributed by atoms with Crippen molar-refractivity contribution in [2.24, 2.45) is 11.8 Å². The van der Waals surface area contributed by atoms with Gasteiger partial charge in [0, 0.05) is 46.7 Å². The van der Waals surface area contributed by atoms with E-state index in [1.807, 2.05) is 6.33 Å². The highest BCUT2D eigenvalue weighted by Crippen LogP contribution is 2.42. The van der Waals surface area contributed by atoms with Crippen LogP contribution in [0, 0.1) is 11.8 Å². The van der Waals surface area contributed by atoms with E-state index in [1.165, 1.54) is 23.3 Å². The Morgan fingerprint density at radius 2 is 2.06 bits per heavy atom. The maximum absolute atomic E-state index is 13.4. The summed E-state index contributed by atoms with van der Waals surface area (Å²) in [6.45, 7) is 1.48. The van der Waals surface area contributed by atoms with Crippen LogP contribution in [0.15, 0.2) is 6.33 Å². The molecule has 0 amide bonds. The SMILES string of the molecule is O=C(CCC1CC1)c1c(CC(=O)C2CC2)sc2c1C[C@@H](n1cnnc1NC1CCOC1)CC2. The number of anilines is 1. The number of aromatic nitrogens is 3. The van der Waals surface area contributed by atoms with Gasteiger partial charge in [-0.2, -0.15) is 0 Å². The van der Waals surface area contributed by atoms with E-state index in [0.717, 1.165) is 73.9 Å². The number of nitrogens with zero attached hydrogens (tertiary/aromatic N) is 3. The maximum atomic E-state index is 13.4. The lowest BCUT2D eigenvalue weighted by atomic mass is 9.88. The minimum atomic E-state index is 0.217. The van der Waals surface area contributed by atoms with Crippen molar-refractivity contribution in [2.45, 2.75) is 82.7 Å². The maximum Gasteiger partial charge on any atom is 0.224 e. The first kappa shape index (κ1) is 21.5. The number of ether oxygens (including phenoxy) is 1. The van der Waals surface area contributed by atoms with Crippen molar-refractivity contribution in [3.63, 3.8) is 0 Å². The lowest BCUT2D eigenvalue weighted by Crippen LogP contribution is -2.25. The van der Waals surface area contributed by atoms with Crippen molar-refractivity contribution in [2.75, 3.05) is 18.5 Å². The summed E-state index contributed by atoms with van der Waals surface area (Å²) in [4.78, 5) is 28.4. The van der Waals surface area contributed by atoms with Gasteiger partial charge in [0.15, 0.2) is 5.78 Å². The summed E-state index contributed by atoms with van der Waals surface area (Å²) in [5, 5.41) is 12.0. The Balaban J connectivity index is 1.25. The number of hydrogen-bond donors (Lipinski definition) is 1. The van der Waals surface area contributed by atoms with Crippen LogP contribution in [0.1, 0.15) is 83.1 Å². The molecule has 1 saturated heterocycles. The van der Waals surface area contributed by atoms with Crippen LogP contribution in [0.5, 0.6) is 0 Å². The number of ketones is 2. The van der Waals surface area contributed by atoms with E-state index in [2.05, 4.69) is 20.1 Å². The van der Waals surface area contributed by atoms with E-state index >= 15 is 0 Å². The molecular formula is C25H32N4O3S. The summed E-state index contributed by atoms with van der Waals surface area (Å²) in [5.74, 6) is 2.34. The lowest BCUT2D eigenvalue weighted by Gasteiger charge is -2.26. The molecule has 1 unspecified atom stereocenters. The molecule has 33 heavy (non-hydrogen) atoms. The first-order chi connectivity index (χ1) is 16.2. The van der Waals surface area contributed by atoms with E-state index in [9.17, 15) is 9.59 Å². The first-order valence-electron chi connectivity index (χ1n) is 12.6.